The fourth-order valence-corrected chi connectivity index (χ4v) is 3.64. The Morgan fingerprint density at radius 2 is 2.08 bits per heavy atom. The van der Waals surface area contributed by atoms with Gasteiger partial charge in [0.2, 0.25) is 0 Å². The van der Waals surface area contributed by atoms with E-state index in [-0.39, 0.29) is 11.3 Å². The minimum absolute atomic E-state index is 0.0942. The summed E-state index contributed by atoms with van der Waals surface area (Å²) in [6.45, 7) is 3.89. The molecule has 2 aromatic rings. The first kappa shape index (κ1) is 17.3. The summed E-state index contributed by atoms with van der Waals surface area (Å²) < 4.78 is 1.75. The molecule has 1 fully saturated rings. The molecule has 2 heterocycles. The number of piperidine rings is 1. The van der Waals surface area contributed by atoms with Crippen LogP contribution in [0.25, 0.3) is 0 Å². The average Bonchev–Trinajstić information content (AvgIpc) is 3.00. The van der Waals surface area contributed by atoms with Crippen molar-refractivity contribution in [3.05, 3.63) is 50.3 Å². The Kier molecular flexibility index (Phi) is 4.98. The van der Waals surface area contributed by atoms with Gasteiger partial charge in [-0.1, -0.05) is 6.92 Å². The maximum absolute atomic E-state index is 12.7. The van der Waals surface area contributed by atoms with Crippen molar-refractivity contribution in [3.63, 3.8) is 0 Å². The number of hydrogen-bond acceptors (Lipinski definition) is 5. The van der Waals surface area contributed by atoms with Gasteiger partial charge in [-0.2, -0.15) is 4.99 Å². The molecule has 0 unspecified atom stereocenters. The molecule has 7 nitrogen and oxygen atoms in total. The topological polar surface area (TPSA) is 80.7 Å². The monoisotopic (exact) mass is 360 g/mol. The highest BCUT2D eigenvalue weighted by molar-refractivity contribution is 7.07. The molecule has 1 saturated heterocycles. The molecule has 0 saturated carbocycles. The second-order valence-corrected chi connectivity index (χ2v) is 7.21. The summed E-state index contributed by atoms with van der Waals surface area (Å²) in [5.74, 6) is 0.207. The van der Waals surface area contributed by atoms with Crippen molar-refractivity contribution in [2.24, 2.45) is 18.0 Å². The number of nitro groups is 1. The van der Waals surface area contributed by atoms with Crippen LogP contribution < -0.4 is 9.70 Å². The lowest BCUT2D eigenvalue weighted by Crippen LogP contribution is -2.33. The summed E-state index contributed by atoms with van der Waals surface area (Å²) >= 11 is 1.35. The van der Waals surface area contributed by atoms with Gasteiger partial charge in [-0.3, -0.25) is 14.9 Å². The molecule has 0 radical (unpaired) electrons. The van der Waals surface area contributed by atoms with E-state index in [1.54, 1.807) is 10.6 Å². The molecule has 132 valence electrons. The number of rotatable bonds is 3. The lowest BCUT2D eigenvalue weighted by Gasteiger charge is -2.33. The molecule has 0 spiro atoms. The third kappa shape index (κ3) is 3.79. The molecule has 0 atom stereocenters. The SMILES string of the molecule is CC1CCN(c2ccc([N+](=O)[O-])cc2C(=O)N=c2sccn2C)CC1. The van der Waals surface area contributed by atoms with E-state index in [9.17, 15) is 14.9 Å². The fraction of sp³-hybridized carbons (Fsp3) is 0.412. The van der Waals surface area contributed by atoms with Gasteiger partial charge in [0.1, 0.15) is 0 Å². The Bertz CT molecular complexity index is 863. The molecule has 1 amide bonds. The van der Waals surface area contributed by atoms with Gasteiger partial charge in [0, 0.05) is 43.8 Å². The van der Waals surface area contributed by atoms with Crippen LogP contribution >= 0.6 is 11.3 Å². The predicted octanol–water partition coefficient (Wildman–Crippen LogP) is 2.97. The predicted molar refractivity (Wildman–Crippen MR) is 96.9 cm³/mol. The number of nitrogens with zero attached hydrogens (tertiary/aromatic N) is 4. The Balaban J connectivity index is 2.02. The number of nitro benzene ring substituents is 1. The number of thiazole rings is 1. The number of benzene rings is 1. The van der Waals surface area contributed by atoms with Crippen molar-refractivity contribution in [1.29, 1.82) is 0 Å². The Morgan fingerprint density at radius 3 is 2.68 bits per heavy atom. The number of aromatic nitrogens is 1. The first-order valence-electron chi connectivity index (χ1n) is 8.18. The van der Waals surface area contributed by atoms with Gasteiger partial charge in [-0.05, 0) is 24.8 Å². The van der Waals surface area contributed by atoms with Crippen LogP contribution in [0.3, 0.4) is 0 Å². The Morgan fingerprint density at radius 1 is 1.36 bits per heavy atom. The Labute approximate surface area is 149 Å². The van der Waals surface area contributed by atoms with Crippen LogP contribution in [-0.4, -0.2) is 28.5 Å². The zero-order valence-corrected chi connectivity index (χ0v) is 15.0. The summed E-state index contributed by atoms with van der Waals surface area (Å²) in [5.41, 5.74) is 0.922. The summed E-state index contributed by atoms with van der Waals surface area (Å²) in [4.78, 5) is 30.2. The number of amides is 1. The standard InChI is InChI=1S/C17H20N4O3S/c1-12-5-7-20(8-6-12)15-4-3-13(21(23)24)11-14(15)16(22)18-17-19(2)9-10-25-17/h3-4,9-12H,5-8H2,1-2H3. The maximum Gasteiger partial charge on any atom is 0.282 e. The Hall–Kier alpha value is -2.48. The van der Waals surface area contributed by atoms with Gasteiger partial charge in [-0.15, -0.1) is 11.3 Å². The maximum atomic E-state index is 12.7. The van der Waals surface area contributed by atoms with Crippen LogP contribution in [0.5, 0.6) is 0 Å². The van der Waals surface area contributed by atoms with Crippen molar-refractivity contribution < 1.29 is 9.72 Å². The molecule has 1 aromatic heterocycles. The van der Waals surface area contributed by atoms with Gasteiger partial charge < -0.3 is 9.47 Å². The smallest absolute Gasteiger partial charge is 0.282 e. The molecule has 25 heavy (non-hydrogen) atoms. The summed E-state index contributed by atoms with van der Waals surface area (Å²) in [7, 11) is 1.81. The van der Waals surface area contributed by atoms with Crippen molar-refractivity contribution in [2.75, 3.05) is 18.0 Å². The van der Waals surface area contributed by atoms with E-state index in [2.05, 4.69) is 16.8 Å². The molecular weight excluding hydrogens is 340 g/mol. The number of carbonyl (C=O) groups excluding carboxylic acids is 1. The van der Waals surface area contributed by atoms with Crippen LogP contribution in [0.15, 0.2) is 34.8 Å². The number of non-ortho nitro benzene ring substituents is 1. The molecule has 1 aliphatic rings. The van der Waals surface area contributed by atoms with E-state index < -0.39 is 10.8 Å². The highest BCUT2D eigenvalue weighted by Gasteiger charge is 2.23. The summed E-state index contributed by atoms with van der Waals surface area (Å²) in [5, 5.41) is 13.0. The second-order valence-electron chi connectivity index (χ2n) is 6.34. The molecule has 1 aromatic carbocycles. The third-order valence-electron chi connectivity index (χ3n) is 4.50. The van der Waals surface area contributed by atoms with Crippen LogP contribution in [0.2, 0.25) is 0 Å². The highest BCUT2D eigenvalue weighted by Crippen LogP contribution is 2.29. The number of anilines is 1. The van der Waals surface area contributed by atoms with Gasteiger partial charge in [0.15, 0.2) is 4.80 Å². The van der Waals surface area contributed by atoms with Crippen LogP contribution in [0.4, 0.5) is 11.4 Å². The fourth-order valence-electron chi connectivity index (χ4n) is 2.92. The molecule has 0 aliphatic carbocycles. The largest absolute Gasteiger partial charge is 0.371 e. The van der Waals surface area contributed by atoms with Crippen molar-refractivity contribution >= 4 is 28.6 Å². The van der Waals surface area contributed by atoms with Crippen LogP contribution in [0.1, 0.15) is 30.1 Å². The number of aryl methyl sites for hydroxylation is 1. The first-order valence-corrected chi connectivity index (χ1v) is 9.06. The van der Waals surface area contributed by atoms with Crippen molar-refractivity contribution in [1.82, 2.24) is 4.57 Å². The summed E-state index contributed by atoms with van der Waals surface area (Å²) in [6, 6.07) is 4.47. The summed E-state index contributed by atoms with van der Waals surface area (Å²) in [6.07, 6.45) is 3.90. The first-order chi connectivity index (χ1) is 12.0. The van der Waals surface area contributed by atoms with E-state index in [1.807, 2.05) is 18.6 Å². The molecule has 1 aliphatic heterocycles. The minimum Gasteiger partial charge on any atom is -0.371 e. The van der Waals surface area contributed by atoms with E-state index in [1.165, 1.54) is 23.5 Å². The van der Waals surface area contributed by atoms with Gasteiger partial charge in [0.25, 0.3) is 11.6 Å². The van der Waals surface area contributed by atoms with E-state index in [4.69, 9.17) is 0 Å². The highest BCUT2D eigenvalue weighted by atomic mass is 32.1. The zero-order chi connectivity index (χ0) is 18.0. The molecule has 3 rings (SSSR count). The quantitative estimate of drug-likeness (QED) is 0.622. The molecule has 0 bridgehead atoms. The van der Waals surface area contributed by atoms with E-state index >= 15 is 0 Å². The number of hydrogen-bond donors (Lipinski definition) is 0. The van der Waals surface area contributed by atoms with E-state index in [0.717, 1.165) is 31.6 Å². The van der Waals surface area contributed by atoms with Crippen molar-refractivity contribution in [3.8, 4) is 0 Å². The van der Waals surface area contributed by atoms with Crippen molar-refractivity contribution in [2.45, 2.75) is 19.8 Å². The molecule has 0 N–H and O–H groups in total. The minimum atomic E-state index is -0.482. The van der Waals surface area contributed by atoms with Crippen LogP contribution in [-0.2, 0) is 7.05 Å². The molecular formula is C17H20N4O3S. The third-order valence-corrected chi connectivity index (χ3v) is 5.35. The van der Waals surface area contributed by atoms with Gasteiger partial charge in [-0.25, -0.2) is 0 Å². The lowest BCUT2D eigenvalue weighted by molar-refractivity contribution is -0.384. The number of carbonyl (C=O) groups is 1. The molecule has 8 heteroatoms. The zero-order valence-electron chi connectivity index (χ0n) is 14.2. The van der Waals surface area contributed by atoms with Crippen LogP contribution in [0, 0.1) is 16.0 Å². The normalized spacial score (nSPS) is 16.2. The van der Waals surface area contributed by atoms with E-state index in [0.29, 0.717) is 10.7 Å². The van der Waals surface area contributed by atoms with Gasteiger partial charge in [0.05, 0.1) is 16.2 Å². The lowest BCUT2D eigenvalue weighted by atomic mass is 9.98. The van der Waals surface area contributed by atoms with Gasteiger partial charge >= 0.3 is 0 Å². The second kappa shape index (κ2) is 7.18. The average molecular weight is 360 g/mol.